The SMILES string of the molecule is Cc1ccc(NC(=O)C(C)C2CNC2)cc1S(=O)(=O)N(C)C.Cl. The zero-order valence-electron chi connectivity index (χ0n) is 13.8. The lowest BCUT2D eigenvalue weighted by Crippen LogP contribution is -2.48. The molecular weight excluding hydrogens is 338 g/mol. The molecule has 2 rings (SSSR count). The number of hydrogen-bond acceptors (Lipinski definition) is 4. The van der Waals surface area contributed by atoms with Crippen molar-refractivity contribution in [3.05, 3.63) is 23.8 Å². The van der Waals surface area contributed by atoms with E-state index in [1.165, 1.54) is 24.5 Å². The molecule has 1 fully saturated rings. The van der Waals surface area contributed by atoms with E-state index in [4.69, 9.17) is 0 Å². The molecule has 2 N–H and O–H groups in total. The van der Waals surface area contributed by atoms with Crippen LogP contribution >= 0.6 is 12.4 Å². The van der Waals surface area contributed by atoms with E-state index in [0.29, 0.717) is 17.2 Å². The average Bonchev–Trinajstić information content (AvgIpc) is 2.38. The number of carbonyl (C=O) groups is 1. The molecule has 1 aliphatic rings. The monoisotopic (exact) mass is 361 g/mol. The highest BCUT2D eigenvalue weighted by Crippen LogP contribution is 2.24. The van der Waals surface area contributed by atoms with Gasteiger partial charge in [-0.05, 0) is 43.6 Å². The predicted octanol–water partition coefficient (Wildman–Crippen LogP) is 1.46. The van der Waals surface area contributed by atoms with Crippen molar-refractivity contribution < 1.29 is 13.2 Å². The van der Waals surface area contributed by atoms with Gasteiger partial charge >= 0.3 is 0 Å². The molecule has 1 heterocycles. The van der Waals surface area contributed by atoms with E-state index in [2.05, 4.69) is 10.6 Å². The Kier molecular flexibility index (Phi) is 6.59. The van der Waals surface area contributed by atoms with Gasteiger partial charge in [-0.1, -0.05) is 13.0 Å². The van der Waals surface area contributed by atoms with Crippen LogP contribution in [0.25, 0.3) is 0 Å². The van der Waals surface area contributed by atoms with Crippen molar-refractivity contribution in [2.24, 2.45) is 11.8 Å². The number of sulfonamides is 1. The van der Waals surface area contributed by atoms with Gasteiger partial charge in [0.15, 0.2) is 0 Å². The van der Waals surface area contributed by atoms with Gasteiger partial charge in [-0.25, -0.2) is 12.7 Å². The lowest BCUT2D eigenvalue weighted by Gasteiger charge is -2.31. The van der Waals surface area contributed by atoms with E-state index >= 15 is 0 Å². The van der Waals surface area contributed by atoms with Crippen LogP contribution in [0.2, 0.25) is 0 Å². The van der Waals surface area contributed by atoms with E-state index in [1.807, 2.05) is 6.92 Å². The van der Waals surface area contributed by atoms with Crippen LogP contribution in [0.4, 0.5) is 5.69 Å². The number of amides is 1. The van der Waals surface area contributed by atoms with Crippen LogP contribution in [0.15, 0.2) is 23.1 Å². The maximum absolute atomic E-state index is 12.3. The summed E-state index contributed by atoms with van der Waals surface area (Å²) in [5.41, 5.74) is 1.16. The molecule has 8 heteroatoms. The molecule has 130 valence electrons. The molecule has 0 saturated carbocycles. The molecule has 0 bridgehead atoms. The maximum atomic E-state index is 12.3. The Morgan fingerprint density at radius 3 is 2.43 bits per heavy atom. The van der Waals surface area contributed by atoms with Crippen molar-refractivity contribution in [3.63, 3.8) is 0 Å². The highest BCUT2D eigenvalue weighted by molar-refractivity contribution is 7.89. The molecule has 0 aromatic heterocycles. The first-order valence-corrected chi connectivity index (χ1v) is 8.72. The number of aryl methyl sites for hydroxylation is 1. The van der Waals surface area contributed by atoms with Crippen LogP contribution in [-0.2, 0) is 14.8 Å². The van der Waals surface area contributed by atoms with Crippen molar-refractivity contribution in [1.82, 2.24) is 9.62 Å². The highest BCUT2D eigenvalue weighted by Gasteiger charge is 2.29. The Morgan fingerprint density at radius 2 is 1.96 bits per heavy atom. The van der Waals surface area contributed by atoms with E-state index in [1.54, 1.807) is 19.1 Å². The molecule has 6 nitrogen and oxygen atoms in total. The van der Waals surface area contributed by atoms with Crippen molar-refractivity contribution in [3.8, 4) is 0 Å². The van der Waals surface area contributed by atoms with E-state index < -0.39 is 10.0 Å². The Balaban J connectivity index is 0.00000264. The Hall–Kier alpha value is -1.15. The van der Waals surface area contributed by atoms with Crippen molar-refractivity contribution in [2.45, 2.75) is 18.7 Å². The third-order valence-electron chi connectivity index (χ3n) is 4.15. The van der Waals surface area contributed by atoms with Gasteiger partial charge in [-0.2, -0.15) is 0 Å². The number of anilines is 1. The summed E-state index contributed by atoms with van der Waals surface area (Å²) in [6, 6.07) is 4.96. The van der Waals surface area contributed by atoms with Crippen LogP contribution < -0.4 is 10.6 Å². The van der Waals surface area contributed by atoms with Gasteiger partial charge in [0.25, 0.3) is 0 Å². The van der Waals surface area contributed by atoms with Gasteiger partial charge in [-0.15, -0.1) is 12.4 Å². The van der Waals surface area contributed by atoms with Gasteiger partial charge in [0, 0.05) is 25.7 Å². The largest absolute Gasteiger partial charge is 0.326 e. The molecule has 0 aliphatic carbocycles. The minimum absolute atomic E-state index is 0. The van der Waals surface area contributed by atoms with Gasteiger partial charge in [0.2, 0.25) is 15.9 Å². The summed E-state index contributed by atoms with van der Waals surface area (Å²) in [6.45, 7) is 5.34. The quantitative estimate of drug-likeness (QED) is 0.832. The third-order valence-corrected chi connectivity index (χ3v) is 6.11. The Bertz CT molecular complexity index is 673. The minimum atomic E-state index is -3.52. The molecule has 1 amide bonds. The van der Waals surface area contributed by atoms with Gasteiger partial charge in [0.1, 0.15) is 0 Å². The molecule has 1 aliphatic heterocycles. The number of nitrogens with one attached hydrogen (secondary N) is 2. The first-order valence-electron chi connectivity index (χ1n) is 7.28. The Labute approximate surface area is 144 Å². The summed E-state index contributed by atoms with van der Waals surface area (Å²) >= 11 is 0. The van der Waals surface area contributed by atoms with Crippen molar-refractivity contribution in [1.29, 1.82) is 0 Å². The van der Waals surface area contributed by atoms with Crippen LogP contribution in [0.5, 0.6) is 0 Å². The molecule has 23 heavy (non-hydrogen) atoms. The fourth-order valence-electron chi connectivity index (χ4n) is 2.29. The number of benzene rings is 1. The second kappa shape index (κ2) is 7.61. The van der Waals surface area contributed by atoms with Crippen molar-refractivity contribution in [2.75, 3.05) is 32.5 Å². The second-order valence-corrected chi connectivity index (χ2v) is 8.08. The Morgan fingerprint density at radius 1 is 1.35 bits per heavy atom. The number of halogens is 1. The average molecular weight is 362 g/mol. The second-order valence-electron chi connectivity index (χ2n) is 5.96. The van der Waals surface area contributed by atoms with Gasteiger partial charge in [0.05, 0.1) is 4.90 Å². The number of carbonyl (C=O) groups excluding carboxylic acids is 1. The van der Waals surface area contributed by atoms with Gasteiger partial charge in [-0.3, -0.25) is 4.79 Å². The topological polar surface area (TPSA) is 78.5 Å². The molecule has 1 saturated heterocycles. The summed E-state index contributed by atoms with van der Waals surface area (Å²) in [5, 5.41) is 5.96. The number of rotatable bonds is 5. The summed E-state index contributed by atoms with van der Waals surface area (Å²) in [6.07, 6.45) is 0. The summed E-state index contributed by atoms with van der Waals surface area (Å²) in [7, 11) is -0.540. The molecule has 1 atom stereocenters. The van der Waals surface area contributed by atoms with Crippen molar-refractivity contribution >= 4 is 34.0 Å². The molecule has 1 aromatic rings. The van der Waals surface area contributed by atoms with Crippen LogP contribution in [0, 0.1) is 18.8 Å². The van der Waals surface area contributed by atoms with Crippen LogP contribution in [0.3, 0.4) is 0 Å². The summed E-state index contributed by atoms with van der Waals surface area (Å²) in [5.74, 6) is 0.162. The first-order chi connectivity index (χ1) is 10.2. The molecule has 1 unspecified atom stereocenters. The number of hydrogen-bond donors (Lipinski definition) is 2. The van der Waals surface area contributed by atoms with Gasteiger partial charge < -0.3 is 10.6 Å². The normalized spacial score (nSPS) is 16.4. The molecule has 0 radical (unpaired) electrons. The highest BCUT2D eigenvalue weighted by atomic mass is 35.5. The minimum Gasteiger partial charge on any atom is -0.326 e. The zero-order valence-corrected chi connectivity index (χ0v) is 15.4. The van der Waals surface area contributed by atoms with E-state index in [0.717, 1.165) is 13.1 Å². The first kappa shape index (κ1) is 19.9. The molecule has 1 aromatic carbocycles. The lowest BCUT2D eigenvalue weighted by molar-refractivity contribution is -0.121. The van der Waals surface area contributed by atoms with E-state index in [9.17, 15) is 13.2 Å². The predicted molar refractivity (Wildman–Crippen MR) is 93.5 cm³/mol. The molecular formula is C15H24ClN3O3S. The number of nitrogens with zero attached hydrogens (tertiary/aromatic N) is 1. The van der Waals surface area contributed by atoms with Crippen LogP contribution in [0.1, 0.15) is 12.5 Å². The zero-order chi connectivity index (χ0) is 16.5. The lowest BCUT2D eigenvalue weighted by atomic mass is 9.88. The smallest absolute Gasteiger partial charge is 0.242 e. The third kappa shape index (κ3) is 4.23. The fourth-order valence-corrected chi connectivity index (χ4v) is 3.43. The fraction of sp³-hybridized carbons (Fsp3) is 0.533. The standard InChI is InChI=1S/C15H23N3O3S.ClH/c1-10-5-6-13(7-14(10)22(20,21)18(3)4)17-15(19)11(2)12-8-16-9-12;/h5-7,11-12,16H,8-9H2,1-4H3,(H,17,19);1H. The summed E-state index contributed by atoms with van der Waals surface area (Å²) < 4.78 is 25.8. The molecule has 0 spiro atoms. The van der Waals surface area contributed by atoms with Crippen LogP contribution in [-0.4, -0.2) is 45.8 Å². The summed E-state index contributed by atoms with van der Waals surface area (Å²) in [4.78, 5) is 12.4. The van der Waals surface area contributed by atoms with E-state index in [-0.39, 0.29) is 29.1 Å². The maximum Gasteiger partial charge on any atom is 0.242 e.